The summed E-state index contributed by atoms with van der Waals surface area (Å²) in [5.74, 6) is -1.78. The minimum Gasteiger partial charge on any atom is -0.488 e. The fourth-order valence-corrected chi connectivity index (χ4v) is 4.29. The van der Waals surface area contributed by atoms with Gasteiger partial charge in [0.2, 0.25) is 0 Å². The highest BCUT2D eigenvalue weighted by molar-refractivity contribution is 6.33. The molecular formula is C25H17Cl2F4NO3. The number of rotatable bonds is 6. The van der Waals surface area contributed by atoms with E-state index in [1.807, 2.05) is 0 Å². The number of aromatic carboxylic acids is 1. The number of carboxylic acids is 1. The molecule has 0 spiro atoms. The second-order valence-electron chi connectivity index (χ2n) is 7.88. The highest BCUT2D eigenvalue weighted by atomic mass is 35.5. The zero-order valence-corrected chi connectivity index (χ0v) is 19.4. The molecule has 1 aliphatic rings. The van der Waals surface area contributed by atoms with E-state index in [2.05, 4.69) is 4.98 Å². The first-order chi connectivity index (χ1) is 16.5. The van der Waals surface area contributed by atoms with E-state index in [1.54, 1.807) is 0 Å². The monoisotopic (exact) mass is 525 g/mol. The number of pyridine rings is 1. The summed E-state index contributed by atoms with van der Waals surface area (Å²) in [5, 5.41) is 9.52. The summed E-state index contributed by atoms with van der Waals surface area (Å²) in [7, 11) is 0. The Labute approximate surface area is 207 Å². The molecule has 1 aromatic heterocycles. The fraction of sp³-hybridized carbons (Fsp3) is 0.200. The van der Waals surface area contributed by atoms with E-state index in [0.717, 1.165) is 18.2 Å². The van der Waals surface area contributed by atoms with Crippen LogP contribution in [0.1, 0.15) is 52.1 Å². The summed E-state index contributed by atoms with van der Waals surface area (Å²) < 4.78 is 60.5. The van der Waals surface area contributed by atoms with Gasteiger partial charge in [-0.25, -0.2) is 14.2 Å². The van der Waals surface area contributed by atoms with Crippen LogP contribution in [0.3, 0.4) is 0 Å². The Balaban J connectivity index is 1.80. The highest BCUT2D eigenvalue weighted by Crippen LogP contribution is 2.44. The number of ether oxygens (including phenoxy) is 1. The van der Waals surface area contributed by atoms with Crippen LogP contribution in [-0.2, 0) is 12.8 Å². The van der Waals surface area contributed by atoms with Crippen molar-refractivity contribution in [2.24, 2.45) is 0 Å². The largest absolute Gasteiger partial charge is 0.488 e. The first-order valence-electron chi connectivity index (χ1n) is 10.4. The molecule has 0 aliphatic heterocycles. The third-order valence-corrected chi connectivity index (χ3v) is 6.15. The number of hydrogen-bond donors (Lipinski definition) is 1. The molecule has 0 atom stereocenters. The van der Waals surface area contributed by atoms with Crippen LogP contribution in [0.4, 0.5) is 17.6 Å². The van der Waals surface area contributed by atoms with Crippen LogP contribution in [0.25, 0.3) is 11.1 Å². The van der Waals surface area contributed by atoms with Gasteiger partial charge in [0.15, 0.2) is 5.69 Å². The summed E-state index contributed by atoms with van der Waals surface area (Å²) in [6.45, 7) is -0.230. The predicted molar refractivity (Wildman–Crippen MR) is 124 cm³/mol. The van der Waals surface area contributed by atoms with Gasteiger partial charge in [-0.3, -0.25) is 0 Å². The third kappa shape index (κ3) is 5.44. The number of nitrogens with zero attached hydrogens (tertiary/aromatic N) is 1. The van der Waals surface area contributed by atoms with E-state index in [4.69, 9.17) is 27.9 Å². The molecule has 2 aromatic carbocycles. The Morgan fingerprint density at radius 3 is 2.46 bits per heavy atom. The number of hydrogen-bond acceptors (Lipinski definition) is 3. The highest BCUT2D eigenvalue weighted by Gasteiger charge is 2.32. The maximum atomic E-state index is 14.2. The lowest BCUT2D eigenvalue weighted by molar-refractivity contribution is -0.137. The molecule has 0 bridgehead atoms. The van der Waals surface area contributed by atoms with Crippen LogP contribution in [0.5, 0.6) is 5.75 Å². The van der Waals surface area contributed by atoms with Crippen LogP contribution < -0.4 is 4.74 Å². The number of benzene rings is 2. The summed E-state index contributed by atoms with van der Waals surface area (Å²) in [5.41, 5.74) is 0.626. The number of allylic oxidation sites excluding steroid dienone is 2. The quantitative estimate of drug-likeness (QED) is 0.332. The number of carbonyl (C=O) groups is 1. The lowest BCUT2D eigenvalue weighted by Gasteiger charge is -2.17. The van der Waals surface area contributed by atoms with Gasteiger partial charge in [0.1, 0.15) is 18.2 Å². The van der Waals surface area contributed by atoms with Gasteiger partial charge in [-0.05, 0) is 72.9 Å². The van der Waals surface area contributed by atoms with E-state index >= 15 is 0 Å². The van der Waals surface area contributed by atoms with Crippen molar-refractivity contribution in [2.75, 3.05) is 0 Å². The van der Waals surface area contributed by atoms with Crippen molar-refractivity contribution in [1.82, 2.24) is 4.98 Å². The fourth-order valence-electron chi connectivity index (χ4n) is 3.95. The Hall–Kier alpha value is -3.10. The molecule has 0 unspecified atom stereocenters. The van der Waals surface area contributed by atoms with Crippen LogP contribution in [-0.4, -0.2) is 16.1 Å². The number of halogens is 6. The van der Waals surface area contributed by atoms with Gasteiger partial charge in [-0.15, -0.1) is 0 Å². The van der Waals surface area contributed by atoms with Crippen LogP contribution in [0.2, 0.25) is 10.0 Å². The molecule has 1 heterocycles. The number of aromatic nitrogens is 1. The van der Waals surface area contributed by atoms with Crippen molar-refractivity contribution in [3.05, 3.63) is 92.5 Å². The standard InChI is InChI=1S/C25H17Cl2F4NO3/c26-15-6-4-13(20(28)11-15)12-35-22-9-5-14(25(29,30)31)10-18(22)16-2-1-3-17(16)21-8-7-19(27)23(32-21)24(33)34/h4-11H,1-3,12H2,(H,33,34). The van der Waals surface area contributed by atoms with Crippen molar-refractivity contribution in [1.29, 1.82) is 0 Å². The Bertz CT molecular complexity index is 1340. The van der Waals surface area contributed by atoms with E-state index in [1.165, 1.54) is 30.3 Å². The molecule has 0 fully saturated rings. The summed E-state index contributed by atoms with van der Waals surface area (Å²) in [6, 6.07) is 10.1. The van der Waals surface area contributed by atoms with Crippen molar-refractivity contribution in [3.8, 4) is 5.75 Å². The zero-order valence-electron chi connectivity index (χ0n) is 17.9. The predicted octanol–water partition coefficient (Wildman–Crippen LogP) is 7.92. The summed E-state index contributed by atoms with van der Waals surface area (Å²) in [4.78, 5) is 15.6. The lowest BCUT2D eigenvalue weighted by Crippen LogP contribution is -2.07. The molecule has 0 saturated carbocycles. The molecule has 0 radical (unpaired) electrons. The number of alkyl halides is 3. The molecule has 1 N–H and O–H groups in total. The van der Waals surface area contributed by atoms with Gasteiger partial charge in [0.05, 0.1) is 16.3 Å². The average Bonchev–Trinajstić information content (AvgIpc) is 3.27. The summed E-state index contributed by atoms with van der Waals surface area (Å²) in [6.07, 6.45) is -3.07. The van der Waals surface area contributed by atoms with E-state index in [9.17, 15) is 27.5 Å². The molecule has 4 rings (SSSR count). The molecule has 0 saturated heterocycles. The Morgan fingerprint density at radius 2 is 1.77 bits per heavy atom. The SMILES string of the molecule is O=C(O)c1nc(C2=C(c3cc(C(F)(F)F)ccc3OCc3ccc(Cl)cc3F)CCC2)ccc1Cl. The van der Waals surface area contributed by atoms with Crippen LogP contribution in [0, 0.1) is 5.82 Å². The average molecular weight is 526 g/mol. The van der Waals surface area contributed by atoms with Crippen molar-refractivity contribution >= 4 is 40.3 Å². The third-order valence-electron chi connectivity index (χ3n) is 5.61. The molecule has 1 aliphatic carbocycles. The first kappa shape index (κ1) is 25.0. The van der Waals surface area contributed by atoms with Gasteiger partial charge >= 0.3 is 12.1 Å². The zero-order chi connectivity index (χ0) is 25.3. The van der Waals surface area contributed by atoms with Crippen molar-refractivity contribution < 1.29 is 32.2 Å². The lowest BCUT2D eigenvalue weighted by atomic mass is 9.96. The topological polar surface area (TPSA) is 59.4 Å². The number of carboxylic acid groups (broad SMARTS) is 1. The minimum atomic E-state index is -4.59. The Morgan fingerprint density at radius 1 is 1.03 bits per heavy atom. The van der Waals surface area contributed by atoms with Gasteiger partial charge in [0, 0.05) is 16.1 Å². The maximum Gasteiger partial charge on any atom is 0.416 e. The van der Waals surface area contributed by atoms with Gasteiger partial charge in [-0.1, -0.05) is 29.3 Å². The van der Waals surface area contributed by atoms with Crippen LogP contribution >= 0.6 is 23.2 Å². The molecule has 10 heteroatoms. The normalized spacial score (nSPS) is 13.9. The van der Waals surface area contributed by atoms with E-state index in [-0.39, 0.29) is 39.2 Å². The van der Waals surface area contributed by atoms with E-state index in [0.29, 0.717) is 36.1 Å². The minimum absolute atomic E-state index is 0.0468. The van der Waals surface area contributed by atoms with Gasteiger partial charge in [0.25, 0.3) is 0 Å². The second kappa shape index (κ2) is 9.87. The molecule has 3 aromatic rings. The van der Waals surface area contributed by atoms with Gasteiger partial charge < -0.3 is 9.84 Å². The van der Waals surface area contributed by atoms with Gasteiger partial charge in [-0.2, -0.15) is 13.2 Å². The molecule has 182 valence electrons. The van der Waals surface area contributed by atoms with Crippen LogP contribution in [0.15, 0.2) is 48.5 Å². The molecular weight excluding hydrogens is 509 g/mol. The maximum absolute atomic E-state index is 14.2. The first-order valence-corrected chi connectivity index (χ1v) is 11.2. The summed E-state index contributed by atoms with van der Waals surface area (Å²) >= 11 is 11.7. The van der Waals surface area contributed by atoms with E-state index < -0.39 is 23.5 Å². The molecule has 4 nitrogen and oxygen atoms in total. The Kier molecular flexibility index (Phi) is 7.05. The van der Waals surface area contributed by atoms with Crippen molar-refractivity contribution in [3.63, 3.8) is 0 Å². The van der Waals surface area contributed by atoms with Crippen molar-refractivity contribution in [2.45, 2.75) is 32.0 Å². The second-order valence-corrected chi connectivity index (χ2v) is 8.72. The molecule has 0 amide bonds. The molecule has 35 heavy (non-hydrogen) atoms. The smallest absolute Gasteiger partial charge is 0.416 e.